The van der Waals surface area contributed by atoms with Crippen LogP contribution in [-0.2, 0) is 22.1 Å². The summed E-state index contributed by atoms with van der Waals surface area (Å²) in [5, 5.41) is 10.6. The van der Waals surface area contributed by atoms with Crippen LogP contribution in [0.1, 0.15) is 51.7 Å². The number of anilines is 1. The monoisotopic (exact) mass is 610 g/mol. The average molecular weight is 611 g/mol. The fraction of sp³-hybridized carbons (Fsp3) is 0.370. The zero-order valence-corrected chi connectivity index (χ0v) is 22.9. The highest BCUT2D eigenvalue weighted by Crippen LogP contribution is 2.32. The Morgan fingerprint density at radius 2 is 1.98 bits per heavy atom. The minimum Gasteiger partial charge on any atom is -0.382 e. The SMILES string of the molecule is CCc1conc1C(=O)N[C@H](C(=O)Nc1cc([C@@H](COC)N2CC(F)(F)CNC2=O)ccn1)c1cccc(C(F)(F)F)c1. The van der Waals surface area contributed by atoms with Crippen molar-refractivity contribution in [3.05, 3.63) is 76.8 Å². The number of amides is 4. The van der Waals surface area contributed by atoms with E-state index in [0.29, 0.717) is 12.0 Å². The first-order valence-electron chi connectivity index (χ1n) is 12.9. The Morgan fingerprint density at radius 3 is 2.67 bits per heavy atom. The summed E-state index contributed by atoms with van der Waals surface area (Å²) in [6.07, 6.45) is -1.90. The molecule has 1 fully saturated rings. The predicted molar refractivity (Wildman–Crippen MR) is 140 cm³/mol. The van der Waals surface area contributed by atoms with Crippen LogP contribution < -0.4 is 16.0 Å². The molecule has 2 atom stereocenters. The first-order valence-corrected chi connectivity index (χ1v) is 12.9. The van der Waals surface area contributed by atoms with Gasteiger partial charge < -0.3 is 30.1 Å². The number of nitrogens with zero attached hydrogens (tertiary/aromatic N) is 3. The molecule has 43 heavy (non-hydrogen) atoms. The number of aromatic nitrogens is 2. The number of carbonyl (C=O) groups is 3. The van der Waals surface area contributed by atoms with Gasteiger partial charge in [-0.3, -0.25) is 9.59 Å². The lowest BCUT2D eigenvalue weighted by Crippen LogP contribution is -2.58. The standard InChI is InChI=1S/C27H27F5N6O5/c1-3-15-11-43-37-22(15)24(40)36-21(17-5-4-6-18(9-17)27(30,31)32)23(39)35-20-10-16(7-8-33-20)19(12-42-2)38-14-26(28,29)13-34-25(38)41/h4-11,19,21H,3,12-14H2,1-2H3,(H,34,41)(H,36,40)(H,33,35,39)/t19-,21+/m1/s1. The molecular formula is C27H27F5N6O5. The molecule has 0 bridgehead atoms. The summed E-state index contributed by atoms with van der Waals surface area (Å²) in [5.74, 6) is -5.18. The highest BCUT2D eigenvalue weighted by atomic mass is 19.4. The fourth-order valence-corrected chi connectivity index (χ4v) is 4.47. The summed E-state index contributed by atoms with van der Waals surface area (Å²) in [6, 6.07) is 3.19. The van der Waals surface area contributed by atoms with Gasteiger partial charge in [-0.05, 0) is 41.8 Å². The van der Waals surface area contributed by atoms with Gasteiger partial charge in [-0.15, -0.1) is 0 Å². The van der Waals surface area contributed by atoms with Gasteiger partial charge in [-0.2, -0.15) is 13.2 Å². The van der Waals surface area contributed by atoms with E-state index in [9.17, 15) is 36.3 Å². The van der Waals surface area contributed by atoms with E-state index in [2.05, 4.69) is 26.1 Å². The molecule has 4 amide bonds. The third kappa shape index (κ3) is 7.43. The lowest BCUT2D eigenvalue weighted by Gasteiger charge is -2.38. The molecule has 0 spiro atoms. The second-order valence-electron chi connectivity index (χ2n) is 9.65. The number of halogens is 5. The number of alkyl halides is 5. The third-order valence-corrected chi connectivity index (χ3v) is 6.61. The number of benzene rings is 1. The maximum Gasteiger partial charge on any atom is 0.416 e. The molecule has 4 rings (SSSR count). The van der Waals surface area contributed by atoms with Crippen molar-refractivity contribution in [2.24, 2.45) is 0 Å². The molecule has 3 aromatic rings. The highest BCUT2D eigenvalue weighted by Gasteiger charge is 2.42. The summed E-state index contributed by atoms with van der Waals surface area (Å²) in [5.41, 5.74) is -0.706. The molecule has 1 aliphatic rings. The molecule has 3 heterocycles. The third-order valence-electron chi connectivity index (χ3n) is 6.61. The number of pyridine rings is 1. The number of nitrogens with one attached hydrogen (secondary N) is 3. The van der Waals surface area contributed by atoms with E-state index in [1.807, 2.05) is 0 Å². The van der Waals surface area contributed by atoms with Gasteiger partial charge in [0.25, 0.3) is 17.7 Å². The van der Waals surface area contributed by atoms with Gasteiger partial charge in [-0.25, -0.2) is 18.6 Å². The zero-order chi connectivity index (χ0) is 31.4. The van der Waals surface area contributed by atoms with Crippen LogP contribution in [0.25, 0.3) is 0 Å². The quantitative estimate of drug-likeness (QED) is 0.294. The van der Waals surface area contributed by atoms with Gasteiger partial charge in [-0.1, -0.05) is 24.2 Å². The van der Waals surface area contributed by atoms with E-state index in [1.165, 1.54) is 37.8 Å². The molecule has 230 valence electrons. The number of methoxy groups -OCH3 is 1. The molecule has 11 nitrogen and oxygen atoms in total. The molecule has 2 aromatic heterocycles. The van der Waals surface area contributed by atoms with Crippen molar-refractivity contribution in [3.63, 3.8) is 0 Å². The van der Waals surface area contributed by atoms with Crippen molar-refractivity contribution in [3.8, 4) is 0 Å². The van der Waals surface area contributed by atoms with Gasteiger partial charge in [0.1, 0.15) is 18.1 Å². The van der Waals surface area contributed by atoms with E-state index < -0.39 is 60.7 Å². The van der Waals surface area contributed by atoms with Gasteiger partial charge in [0.2, 0.25) is 0 Å². The first kappa shape index (κ1) is 31.3. The van der Waals surface area contributed by atoms with Crippen LogP contribution in [-0.4, -0.2) is 65.6 Å². The lowest BCUT2D eigenvalue weighted by molar-refractivity contribution is -0.137. The van der Waals surface area contributed by atoms with Crippen molar-refractivity contribution >= 4 is 23.7 Å². The molecule has 0 unspecified atom stereocenters. The summed E-state index contributed by atoms with van der Waals surface area (Å²) < 4.78 is 78.6. The number of hydrogen-bond acceptors (Lipinski definition) is 7. The molecule has 1 aliphatic heterocycles. The second kappa shape index (κ2) is 12.7. The Balaban J connectivity index is 1.64. The lowest BCUT2D eigenvalue weighted by atomic mass is 10.0. The maximum absolute atomic E-state index is 14.1. The summed E-state index contributed by atoms with van der Waals surface area (Å²) >= 11 is 0. The Labute approximate surface area is 241 Å². The summed E-state index contributed by atoms with van der Waals surface area (Å²) in [7, 11) is 1.32. The largest absolute Gasteiger partial charge is 0.416 e. The minimum absolute atomic E-state index is 0.130. The van der Waals surface area contributed by atoms with Crippen molar-refractivity contribution in [2.75, 3.05) is 32.1 Å². The van der Waals surface area contributed by atoms with Crippen LogP contribution in [0.5, 0.6) is 0 Å². The minimum atomic E-state index is -4.73. The normalized spacial score (nSPS) is 16.3. The summed E-state index contributed by atoms with van der Waals surface area (Å²) in [4.78, 5) is 43.9. The maximum atomic E-state index is 14.1. The number of rotatable bonds is 10. The molecule has 0 radical (unpaired) electrons. The van der Waals surface area contributed by atoms with Crippen LogP contribution >= 0.6 is 0 Å². The van der Waals surface area contributed by atoms with E-state index in [-0.39, 0.29) is 29.2 Å². The van der Waals surface area contributed by atoms with E-state index in [1.54, 1.807) is 6.92 Å². The van der Waals surface area contributed by atoms with Crippen LogP contribution in [0.3, 0.4) is 0 Å². The van der Waals surface area contributed by atoms with Crippen molar-refractivity contribution in [1.29, 1.82) is 0 Å². The number of aryl methyl sites for hydroxylation is 1. The predicted octanol–water partition coefficient (Wildman–Crippen LogP) is 4.11. The van der Waals surface area contributed by atoms with Gasteiger partial charge in [0.05, 0.1) is 31.3 Å². The Hall–Kier alpha value is -4.60. The Kier molecular flexibility index (Phi) is 9.27. The second-order valence-corrected chi connectivity index (χ2v) is 9.65. The zero-order valence-electron chi connectivity index (χ0n) is 22.9. The van der Waals surface area contributed by atoms with Gasteiger partial charge in [0, 0.05) is 18.9 Å². The number of ether oxygens (including phenoxy) is 1. The van der Waals surface area contributed by atoms with E-state index in [0.717, 1.165) is 23.1 Å². The Bertz CT molecular complexity index is 1480. The van der Waals surface area contributed by atoms with Gasteiger partial charge in [0.15, 0.2) is 5.69 Å². The molecule has 1 aromatic carbocycles. The number of carbonyl (C=O) groups excluding carboxylic acids is 3. The topological polar surface area (TPSA) is 139 Å². The highest BCUT2D eigenvalue weighted by molar-refractivity contribution is 6.01. The summed E-state index contributed by atoms with van der Waals surface area (Å²) in [6.45, 7) is -0.162. The van der Waals surface area contributed by atoms with Gasteiger partial charge >= 0.3 is 12.2 Å². The molecule has 1 saturated heterocycles. The van der Waals surface area contributed by atoms with Crippen LogP contribution in [0, 0.1) is 0 Å². The molecule has 3 N–H and O–H groups in total. The number of urea groups is 1. The molecule has 0 saturated carbocycles. The van der Waals surface area contributed by atoms with Crippen molar-refractivity contribution in [2.45, 2.75) is 37.5 Å². The Morgan fingerprint density at radius 1 is 1.21 bits per heavy atom. The van der Waals surface area contributed by atoms with Crippen LogP contribution in [0.4, 0.5) is 32.6 Å². The first-order chi connectivity index (χ1) is 20.3. The van der Waals surface area contributed by atoms with Crippen LogP contribution in [0.2, 0.25) is 0 Å². The fourth-order valence-electron chi connectivity index (χ4n) is 4.47. The van der Waals surface area contributed by atoms with Crippen molar-refractivity contribution in [1.82, 2.24) is 25.7 Å². The van der Waals surface area contributed by atoms with Crippen molar-refractivity contribution < 1.29 is 45.6 Å². The van der Waals surface area contributed by atoms with E-state index >= 15 is 0 Å². The van der Waals surface area contributed by atoms with E-state index in [4.69, 9.17) is 9.26 Å². The molecular weight excluding hydrogens is 583 g/mol. The molecule has 16 heteroatoms. The smallest absolute Gasteiger partial charge is 0.382 e. The molecule has 0 aliphatic carbocycles. The number of hydrogen-bond donors (Lipinski definition) is 3. The van der Waals surface area contributed by atoms with Crippen LogP contribution in [0.15, 0.2) is 53.4 Å². The average Bonchev–Trinajstić information content (AvgIpc) is 3.45.